The van der Waals surface area contributed by atoms with E-state index < -0.39 is 0 Å². The van der Waals surface area contributed by atoms with E-state index in [1.54, 1.807) is 0 Å². The number of esters is 1. The molecule has 0 aromatic carbocycles. The van der Waals surface area contributed by atoms with E-state index in [1.165, 1.54) is 16.9 Å². The highest BCUT2D eigenvalue weighted by Gasteiger charge is 2.29. The second kappa shape index (κ2) is 4.25. The largest absolute Gasteiger partial charge is 0.452 e. The Morgan fingerprint density at radius 3 is 2.83 bits per heavy atom. The summed E-state index contributed by atoms with van der Waals surface area (Å²) in [5, 5.41) is 0. The quantitative estimate of drug-likeness (QED) is 0.342. The molecule has 1 heterocycles. The van der Waals surface area contributed by atoms with Gasteiger partial charge in [0.05, 0.1) is 0 Å². The molecule has 1 aliphatic rings. The summed E-state index contributed by atoms with van der Waals surface area (Å²) in [6.45, 7) is 1.96. The van der Waals surface area contributed by atoms with Crippen LogP contribution in [-0.4, -0.2) is 16.0 Å². The molecule has 0 aliphatic carbocycles. The van der Waals surface area contributed by atoms with Crippen LogP contribution in [0.4, 0.5) is 0 Å². The molecule has 0 saturated carbocycles. The SMILES string of the molecule is CC1(CCCCI)C=CC(=O)O1. The first-order valence-corrected chi connectivity index (χ1v) is 5.67. The number of halogens is 1. The van der Waals surface area contributed by atoms with Gasteiger partial charge < -0.3 is 4.74 Å². The number of unbranched alkanes of at least 4 members (excludes halogenated alkanes) is 1. The zero-order valence-corrected chi connectivity index (χ0v) is 9.34. The maximum Gasteiger partial charge on any atom is 0.331 e. The summed E-state index contributed by atoms with van der Waals surface area (Å²) < 4.78 is 6.32. The van der Waals surface area contributed by atoms with Gasteiger partial charge in [0, 0.05) is 6.08 Å². The Hall–Kier alpha value is -0.0600. The van der Waals surface area contributed by atoms with E-state index in [2.05, 4.69) is 22.6 Å². The summed E-state index contributed by atoms with van der Waals surface area (Å²) in [4.78, 5) is 10.8. The minimum absolute atomic E-state index is 0.202. The zero-order valence-electron chi connectivity index (χ0n) is 7.18. The second-order valence-electron chi connectivity index (χ2n) is 3.21. The highest BCUT2D eigenvalue weighted by molar-refractivity contribution is 14.1. The average Bonchev–Trinajstić information content (AvgIpc) is 2.32. The molecular weight excluding hydrogens is 267 g/mol. The molecule has 0 aromatic heterocycles. The number of hydrogen-bond acceptors (Lipinski definition) is 2. The van der Waals surface area contributed by atoms with Gasteiger partial charge in [0.2, 0.25) is 0 Å². The second-order valence-corrected chi connectivity index (χ2v) is 4.29. The van der Waals surface area contributed by atoms with Gasteiger partial charge in [0.25, 0.3) is 0 Å². The molecule has 0 radical (unpaired) electrons. The summed E-state index contributed by atoms with van der Waals surface area (Å²) in [5.41, 5.74) is -0.317. The van der Waals surface area contributed by atoms with Crippen molar-refractivity contribution in [2.45, 2.75) is 31.8 Å². The average molecular weight is 280 g/mol. The molecule has 0 N–H and O–H groups in total. The van der Waals surface area contributed by atoms with E-state index in [9.17, 15) is 4.79 Å². The molecule has 1 rings (SSSR count). The van der Waals surface area contributed by atoms with Crippen LogP contribution >= 0.6 is 22.6 Å². The van der Waals surface area contributed by atoms with Crippen molar-refractivity contribution in [3.8, 4) is 0 Å². The number of alkyl halides is 1. The summed E-state index contributed by atoms with van der Waals surface area (Å²) in [7, 11) is 0. The third kappa shape index (κ3) is 2.77. The molecule has 1 atom stereocenters. The van der Waals surface area contributed by atoms with Gasteiger partial charge in [-0.1, -0.05) is 22.6 Å². The molecule has 2 nitrogen and oxygen atoms in total. The lowest BCUT2D eigenvalue weighted by Gasteiger charge is -2.20. The Bertz CT molecular complexity index is 201. The monoisotopic (exact) mass is 280 g/mol. The lowest BCUT2D eigenvalue weighted by molar-refractivity contribution is -0.144. The van der Waals surface area contributed by atoms with Gasteiger partial charge in [0.1, 0.15) is 5.60 Å². The Labute approximate surface area is 86.5 Å². The van der Waals surface area contributed by atoms with Gasteiger partial charge >= 0.3 is 5.97 Å². The van der Waals surface area contributed by atoms with Crippen LogP contribution < -0.4 is 0 Å². The van der Waals surface area contributed by atoms with Crippen molar-refractivity contribution >= 4 is 28.6 Å². The summed E-state index contributed by atoms with van der Waals surface area (Å²) in [5.74, 6) is -0.202. The Morgan fingerprint density at radius 1 is 1.58 bits per heavy atom. The first kappa shape index (κ1) is 10.0. The fraction of sp³-hybridized carbons (Fsp3) is 0.667. The minimum atomic E-state index is -0.317. The third-order valence-corrected chi connectivity index (χ3v) is 2.73. The van der Waals surface area contributed by atoms with Crippen molar-refractivity contribution in [3.63, 3.8) is 0 Å². The molecule has 0 fully saturated rings. The lowest BCUT2D eigenvalue weighted by atomic mass is 10.00. The molecule has 0 spiro atoms. The Morgan fingerprint density at radius 2 is 2.33 bits per heavy atom. The van der Waals surface area contributed by atoms with E-state index in [-0.39, 0.29) is 11.6 Å². The molecule has 0 saturated heterocycles. The number of hydrogen-bond donors (Lipinski definition) is 0. The lowest BCUT2D eigenvalue weighted by Crippen LogP contribution is -2.23. The molecular formula is C9H13IO2. The molecule has 0 bridgehead atoms. The van der Waals surface area contributed by atoms with Gasteiger partial charge in [-0.3, -0.25) is 0 Å². The smallest absolute Gasteiger partial charge is 0.331 e. The third-order valence-electron chi connectivity index (χ3n) is 1.96. The maximum absolute atomic E-state index is 10.8. The molecule has 12 heavy (non-hydrogen) atoms. The number of cyclic esters (lactones) is 1. The van der Waals surface area contributed by atoms with Crippen molar-refractivity contribution in [1.29, 1.82) is 0 Å². The summed E-state index contributed by atoms with van der Waals surface area (Å²) in [6.07, 6.45) is 6.64. The predicted molar refractivity (Wildman–Crippen MR) is 56.4 cm³/mol. The van der Waals surface area contributed by atoms with E-state index >= 15 is 0 Å². The van der Waals surface area contributed by atoms with Crippen molar-refractivity contribution in [2.75, 3.05) is 4.43 Å². The zero-order chi connectivity index (χ0) is 9.03. The molecule has 1 unspecified atom stereocenters. The number of rotatable bonds is 4. The molecule has 0 amide bonds. The van der Waals surface area contributed by atoms with Gasteiger partial charge in [-0.2, -0.15) is 0 Å². The Balaban J connectivity index is 2.31. The van der Waals surface area contributed by atoms with Gasteiger partial charge in [-0.15, -0.1) is 0 Å². The van der Waals surface area contributed by atoms with E-state index in [4.69, 9.17) is 4.74 Å². The first-order valence-electron chi connectivity index (χ1n) is 4.14. The van der Waals surface area contributed by atoms with Crippen LogP contribution in [0.1, 0.15) is 26.2 Å². The summed E-state index contributed by atoms with van der Waals surface area (Å²) in [6, 6.07) is 0. The highest BCUT2D eigenvalue weighted by atomic mass is 127. The van der Waals surface area contributed by atoms with Gasteiger partial charge in [-0.05, 0) is 36.7 Å². The maximum atomic E-state index is 10.8. The van der Waals surface area contributed by atoms with E-state index in [0.29, 0.717) is 0 Å². The molecule has 68 valence electrons. The number of ether oxygens (including phenoxy) is 1. The minimum Gasteiger partial charge on any atom is -0.452 e. The van der Waals surface area contributed by atoms with Crippen molar-refractivity contribution in [3.05, 3.63) is 12.2 Å². The van der Waals surface area contributed by atoms with Crippen molar-refractivity contribution in [2.24, 2.45) is 0 Å². The predicted octanol–water partition coefficient (Wildman–Crippen LogP) is 2.46. The molecule has 1 aliphatic heterocycles. The van der Waals surface area contributed by atoms with Crippen LogP contribution in [0.3, 0.4) is 0 Å². The van der Waals surface area contributed by atoms with Crippen LogP contribution in [0.5, 0.6) is 0 Å². The van der Waals surface area contributed by atoms with Crippen LogP contribution in [-0.2, 0) is 9.53 Å². The van der Waals surface area contributed by atoms with Gasteiger partial charge in [-0.25, -0.2) is 4.79 Å². The van der Waals surface area contributed by atoms with Crippen LogP contribution in [0, 0.1) is 0 Å². The highest BCUT2D eigenvalue weighted by Crippen LogP contribution is 2.25. The number of carbonyl (C=O) groups is 1. The fourth-order valence-corrected chi connectivity index (χ4v) is 1.79. The van der Waals surface area contributed by atoms with Crippen molar-refractivity contribution in [1.82, 2.24) is 0 Å². The standard InChI is InChI=1S/C9H13IO2/c1-9(5-2-3-7-10)6-4-8(11)12-9/h4,6H,2-3,5,7H2,1H3. The number of carbonyl (C=O) groups excluding carboxylic acids is 1. The van der Waals surface area contributed by atoms with Crippen LogP contribution in [0.15, 0.2) is 12.2 Å². The first-order chi connectivity index (χ1) is 5.66. The van der Waals surface area contributed by atoms with Crippen LogP contribution in [0.2, 0.25) is 0 Å². The van der Waals surface area contributed by atoms with Crippen LogP contribution in [0.25, 0.3) is 0 Å². The Kier molecular flexibility index (Phi) is 3.55. The molecule has 0 aromatic rings. The van der Waals surface area contributed by atoms with E-state index in [1.807, 2.05) is 13.0 Å². The normalized spacial score (nSPS) is 27.7. The molecule has 3 heteroatoms. The van der Waals surface area contributed by atoms with E-state index in [0.717, 1.165) is 12.8 Å². The van der Waals surface area contributed by atoms with Crippen molar-refractivity contribution < 1.29 is 9.53 Å². The topological polar surface area (TPSA) is 26.3 Å². The summed E-state index contributed by atoms with van der Waals surface area (Å²) >= 11 is 2.36. The fourth-order valence-electron chi connectivity index (χ4n) is 1.25. The van der Waals surface area contributed by atoms with Gasteiger partial charge in [0.15, 0.2) is 0 Å².